The largest absolute Gasteiger partial charge is 0.497 e. The number of methoxy groups -OCH3 is 1. The maximum absolute atomic E-state index is 11.8. The monoisotopic (exact) mass is 454 g/mol. The highest BCUT2D eigenvalue weighted by atomic mass is 16.7. The molecule has 1 aliphatic rings. The predicted octanol–water partition coefficient (Wildman–Crippen LogP) is 1.16. The molecule has 1 heterocycles. The number of carbonyl (C=O) groups is 4. The van der Waals surface area contributed by atoms with Crippen LogP contribution < -0.4 is 9.47 Å². The number of ether oxygens (including phenoxy) is 7. The molecule has 1 saturated heterocycles. The molecule has 1 aromatic carbocycles. The van der Waals surface area contributed by atoms with Crippen molar-refractivity contribution in [2.24, 2.45) is 0 Å². The molecule has 11 heteroatoms. The summed E-state index contributed by atoms with van der Waals surface area (Å²) < 4.78 is 37.8. The average molecular weight is 454 g/mol. The number of carbonyl (C=O) groups excluding carboxylic acids is 4. The van der Waals surface area contributed by atoms with E-state index < -0.39 is 54.6 Å². The van der Waals surface area contributed by atoms with Gasteiger partial charge in [-0.25, -0.2) is 0 Å². The standard InChI is InChI=1S/C21H26O11/c1-11(22)27-10-17-18(28-12(2)23)19(29-13(3)24)20(30-14(4)25)21(32-17)31-16-8-6-15(26-5)7-9-16/h6-9,17-21H,10H2,1-5H3/t17-,18-,19+,20-,21-/m0/s1. The minimum atomic E-state index is -1.29. The smallest absolute Gasteiger partial charge is 0.303 e. The molecule has 0 amide bonds. The van der Waals surface area contributed by atoms with Gasteiger partial charge in [0.2, 0.25) is 12.4 Å². The Morgan fingerprint density at radius 2 is 1.25 bits per heavy atom. The minimum absolute atomic E-state index is 0.326. The van der Waals surface area contributed by atoms with Crippen LogP contribution in [0.15, 0.2) is 24.3 Å². The molecule has 11 nitrogen and oxygen atoms in total. The van der Waals surface area contributed by atoms with Crippen LogP contribution in [0.3, 0.4) is 0 Å². The molecule has 0 radical (unpaired) electrons. The molecular formula is C21H26O11. The molecule has 5 atom stereocenters. The highest BCUT2D eigenvalue weighted by molar-refractivity contribution is 5.68. The summed E-state index contributed by atoms with van der Waals surface area (Å²) in [6, 6.07) is 6.46. The van der Waals surface area contributed by atoms with E-state index in [0.717, 1.165) is 20.8 Å². The molecule has 0 spiro atoms. The summed E-state index contributed by atoms with van der Waals surface area (Å²) in [7, 11) is 1.51. The molecule has 0 saturated carbocycles. The van der Waals surface area contributed by atoms with E-state index in [0.29, 0.717) is 11.5 Å². The lowest BCUT2D eigenvalue weighted by Crippen LogP contribution is -2.63. The van der Waals surface area contributed by atoms with Gasteiger partial charge in [0.25, 0.3) is 0 Å². The van der Waals surface area contributed by atoms with Crippen molar-refractivity contribution in [2.75, 3.05) is 13.7 Å². The van der Waals surface area contributed by atoms with E-state index in [2.05, 4.69) is 0 Å². The fourth-order valence-corrected chi connectivity index (χ4v) is 3.07. The van der Waals surface area contributed by atoms with E-state index in [4.69, 9.17) is 33.2 Å². The number of esters is 4. The van der Waals surface area contributed by atoms with Gasteiger partial charge in [-0.05, 0) is 24.3 Å². The molecule has 0 aliphatic carbocycles. The first kappa shape index (κ1) is 24.9. The Bertz CT molecular complexity index is 820. The Hall–Kier alpha value is -3.34. The van der Waals surface area contributed by atoms with E-state index in [1.165, 1.54) is 14.0 Å². The Morgan fingerprint density at radius 1 is 0.750 bits per heavy atom. The average Bonchev–Trinajstić information content (AvgIpc) is 2.70. The van der Waals surface area contributed by atoms with Crippen molar-refractivity contribution in [1.82, 2.24) is 0 Å². The summed E-state index contributed by atoms with van der Waals surface area (Å²) >= 11 is 0. The van der Waals surface area contributed by atoms with Crippen molar-refractivity contribution >= 4 is 23.9 Å². The first-order valence-electron chi connectivity index (χ1n) is 9.72. The van der Waals surface area contributed by atoms with Gasteiger partial charge in [-0.2, -0.15) is 0 Å². The van der Waals surface area contributed by atoms with Crippen molar-refractivity contribution in [1.29, 1.82) is 0 Å². The van der Waals surface area contributed by atoms with E-state index in [9.17, 15) is 19.2 Å². The van der Waals surface area contributed by atoms with Crippen molar-refractivity contribution in [2.45, 2.75) is 58.4 Å². The Morgan fingerprint density at radius 3 is 1.75 bits per heavy atom. The van der Waals surface area contributed by atoms with Gasteiger partial charge in [0.15, 0.2) is 12.2 Å². The van der Waals surface area contributed by atoms with Gasteiger partial charge < -0.3 is 33.2 Å². The van der Waals surface area contributed by atoms with Crippen LogP contribution in [0.2, 0.25) is 0 Å². The van der Waals surface area contributed by atoms with Crippen LogP contribution in [0.5, 0.6) is 11.5 Å². The van der Waals surface area contributed by atoms with Crippen LogP contribution in [-0.4, -0.2) is 68.3 Å². The second-order valence-electron chi connectivity index (χ2n) is 6.86. The van der Waals surface area contributed by atoms with Crippen molar-refractivity contribution in [3.63, 3.8) is 0 Å². The minimum Gasteiger partial charge on any atom is -0.497 e. The Balaban J connectivity index is 2.42. The quantitative estimate of drug-likeness (QED) is 0.414. The van der Waals surface area contributed by atoms with Crippen LogP contribution >= 0.6 is 0 Å². The Labute approximate surface area is 184 Å². The van der Waals surface area contributed by atoms with Crippen LogP contribution in [0.4, 0.5) is 0 Å². The predicted molar refractivity (Wildman–Crippen MR) is 106 cm³/mol. The zero-order valence-corrected chi connectivity index (χ0v) is 18.4. The summed E-state index contributed by atoms with van der Waals surface area (Å²) in [4.78, 5) is 46.6. The summed E-state index contributed by atoms with van der Waals surface area (Å²) in [6.45, 7) is 4.31. The maximum atomic E-state index is 11.8. The van der Waals surface area contributed by atoms with E-state index >= 15 is 0 Å². The fourth-order valence-electron chi connectivity index (χ4n) is 3.07. The molecule has 1 aromatic rings. The fraction of sp³-hybridized carbons (Fsp3) is 0.524. The zero-order valence-electron chi connectivity index (χ0n) is 18.4. The number of rotatable bonds is 8. The van der Waals surface area contributed by atoms with Crippen LogP contribution in [0.25, 0.3) is 0 Å². The molecule has 176 valence electrons. The summed E-state index contributed by atoms with van der Waals surface area (Å²) in [5.74, 6) is -1.83. The first-order chi connectivity index (χ1) is 15.1. The lowest BCUT2D eigenvalue weighted by atomic mass is 9.98. The third kappa shape index (κ3) is 7.12. The third-order valence-electron chi connectivity index (χ3n) is 4.26. The van der Waals surface area contributed by atoms with Crippen molar-refractivity contribution in [3.8, 4) is 11.5 Å². The number of benzene rings is 1. The molecule has 0 unspecified atom stereocenters. The van der Waals surface area contributed by atoms with Gasteiger partial charge in [-0.3, -0.25) is 19.2 Å². The molecule has 2 rings (SSSR count). The van der Waals surface area contributed by atoms with Gasteiger partial charge in [-0.15, -0.1) is 0 Å². The van der Waals surface area contributed by atoms with Gasteiger partial charge in [-0.1, -0.05) is 0 Å². The SMILES string of the molecule is COc1ccc(O[C@H]2O[C@@H](COC(C)=O)[C@H](OC(C)=O)[C@@H](OC(C)=O)[C@@H]2OC(C)=O)cc1. The molecule has 1 aliphatic heterocycles. The van der Waals surface area contributed by atoms with Crippen LogP contribution in [-0.2, 0) is 42.9 Å². The highest BCUT2D eigenvalue weighted by Gasteiger charge is 2.53. The first-order valence-corrected chi connectivity index (χ1v) is 9.72. The normalized spacial score (nSPS) is 24.6. The van der Waals surface area contributed by atoms with Gasteiger partial charge in [0.1, 0.15) is 24.2 Å². The third-order valence-corrected chi connectivity index (χ3v) is 4.26. The van der Waals surface area contributed by atoms with Gasteiger partial charge in [0, 0.05) is 27.7 Å². The summed E-state index contributed by atoms with van der Waals surface area (Å²) in [5, 5.41) is 0. The van der Waals surface area contributed by atoms with Gasteiger partial charge >= 0.3 is 23.9 Å². The molecule has 0 bridgehead atoms. The van der Waals surface area contributed by atoms with Crippen LogP contribution in [0, 0.1) is 0 Å². The summed E-state index contributed by atoms with van der Waals surface area (Å²) in [6.07, 6.45) is -6.20. The van der Waals surface area contributed by atoms with Crippen molar-refractivity contribution < 1.29 is 52.3 Å². The maximum Gasteiger partial charge on any atom is 0.303 e. The van der Waals surface area contributed by atoms with Crippen molar-refractivity contribution in [3.05, 3.63) is 24.3 Å². The number of hydrogen-bond acceptors (Lipinski definition) is 11. The molecule has 0 N–H and O–H groups in total. The summed E-state index contributed by atoms with van der Waals surface area (Å²) in [5.41, 5.74) is 0. The molecular weight excluding hydrogens is 428 g/mol. The second-order valence-corrected chi connectivity index (χ2v) is 6.86. The second kappa shape index (κ2) is 11.3. The number of hydrogen-bond donors (Lipinski definition) is 0. The zero-order chi connectivity index (χ0) is 23.8. The Kier molecular flexibility index (Phi) is 8.82. The molecule has 1 fully saturated rings. The molecule has 32 heavy (non-hydrogen) atoms. The van der Waals surface area contributed by atoms with E-state index in [1.54, 1.807) is 24.3 Å². The topological polar surface area (TPSA) is 133 Å². The lowest BCUT2D eigenvalue weighted by molar-refractivity contribution is -0.288. The van der Waals surface area contributed by atoms with Crippen LogP contribution in [0.1, 0.15) is 27.7 Å². The van der Waals surface area contributed by atoms with Gasteiger partial charge in [0.05, 0.1) is 7.11 Å². The lowest BCUT2D eigenvalue weighted by Gasteiger charge is -2.43. The van der Waals surface area contributed by atoms with E-state index in [1.807, 2.05) is 0 Å². The highest BCUT2D eigenvalue weighted by Crippen LogP contribution is 2.31. The van der Waals surface area contributed by atoms with E-state index in [-0.39, 0.29) is 6.61 Å². The molecule has 0 aromatic heterocycles.